The number of H-pyrrole nitrogens is 1. The molecular formula is C22H25ClN4O2S. The standard InChI is InChI=1S/C22H25ClN4O2S/c1-13-19(12-28)30-22(25-13)20(17-4-2-3-11-24-17)27-21(29)18-10-9-16(26-18)14-5-7-15(23)8-6-14/h5-10,17,20,24,26,28H,2-4,11-12H2,1H3,(H,27,29)/t17-,20-/m1/s1. The van der Waals surface area contributed by atoms with E-state index in [4.69, 9.17) is 11.6 Å². The van der Waals surface area contributed by atoms with Crippen LogP contribution in [0.4, 0.5) is 0 Å². The molecule has 0 spiro atoms. The maximum atomic E-state index is 13.1. The number of hydrogen-bond donors (Lipinski definition) is 4. The summed E-state index contributed by atoms with van der Waals surface area (Å²) in [6.07, 6.45) is 3.22. The molecule has 1 amide bonds. The number of nitrogens with one attached hydrogen (secondary N) is 3. The third-order valence-electron chi connectivity index (χ3n) is 5.44. The van der Waals surface area contributed by atoms with Gasteiger partial charge in [0, 0.05) is 16.8 Å². The Balaban J connectivity index is 1.56. The second-order valence-electron chi connectivity index (χ2n) is 7.52. The number of aromatic amines is 1. The van der Waals surface area contributed by atoms with Gasteiger partial charge in [0.25, 0.3) is 5.91 Å². The zero-order valence-corrected chi connectivity index (χ0v) is 18.3. The predicted molar refractivity (Wildman–Crippen MR) is 120 cm³/mol. The summed E-state index contributed by atoms with van der Waals surface area (Å²) in [6, 6.07) is 11.0. The van der Waals surface area contributed by atoms with Gasteiger partial charge in [0.2, 0.25) is 0 Å². The lowest BCUT2D eigenvalue weighted by atomic mass is 9.98. The SMILES string of the molecule is Cc1nc([C@H](NC(=O)c2ccc(-c3ccc(Cl)cc3)[nH]2)[C@H]2CCCCN2)sc1CO. The summed E-state index contributed by atoms with van der Waals surface area (Å²) in [5.74, 6) is -0.175. The maximum absolute atomic E-state index is 13.1. The summed E-state index contributed by atoms with van der Waals surface area (Å²) in [6.45, 7) is 2.78. The number of aryl methyl sites for hydroxylation is 1. The van der Waals surface area contributed by atoms with Crippen LogP contribution in [0, 0.1) is 6.92 Å². The number of halogens is 1. The van der Waals surface area contributed by atoms with Crippen molar-refractivity contribution < 1.29 is 9.90 Å². The Labute approximate surface area is 184 Å². The van der Waals surface area contributed by atoms with Crippen molar-refractivity contribution in [1.82, 2.24) is 20.6 Å². The largest absolute Gasteiger partial charge is 0.391 e. The Morgan fingerprint density at radius 2 is 2.10 bits per heavy atom. The summed E-state index contributed by atoms with van der Waals surface area (Å²) < 4.78 is 0. The highest BCUT2D eigenvalue weighted by atomic mass is 35.5. The van der Waals surface area contributed by atoms with Crippen molar-refractivity contribution in [3.63, 3.8) is 0 Å². The molecule has 4 rings (SSSR count). The molecule has 0 radical (unpaired) electrons. The van der Waals surface area contributed by atoms with E-state index in [1.165, 1.54) is 11.3 Å². The van der Waals surface area contributed by atoms with Gasteiger partial charge in [-0.3, -0.25) is 4.79 Å². The molecule has 158 valence electrons. The smallest absolute Gasteiger partial charge is 0.268 e. The molecular weight excluding hydrogens is 420 g/mol. The van der Waals surface area contributed by atoms with Crippen LogP contribution in [0.3, 0.4) is 0 Å². The van der Waals surface area contributed by atoms with Gasteiger partial charge in [0.15, 0.2) is 0 Å². The molecule has 0 saturated carbocycles. The van der Waals surface area contributed by atoms with Crippen molar-refractivity contribution in [2.24, 2.45) is 0 Å². The summed E-state index contributed by atoms with van der Waals surface area (Å²) in [4.78, 5) is 21.8. The van der Waals surface area contributed by atoms with Crippen LogP contribution in [0.25, 0.3) is 11.3 Å². The highest BCUT2D eigenvalue weighted by molar-refractivity contribution is 7.11. The molecule has 6 nitrogen and oxygen atoms in total. The Hall–Kier alpha value is -2.19. The first-order valence-electron chi connectivity index (χ1n) is 10.1. The molecule has 1 fully saturated rings. The summed E-state index contributed by atoms with van der Waals surface area (Å²) in [7, 11) is 0. The van der Waals surface area contributed by atoms with Crippen LogP contribution in [0.15, 0.2) is 36.4 Å². The van der Waals surface area contributed by atoms with Crippen molar-refractivity contribution in [2.45, 2.75) is 44.9 Å². The monoisotopic (exact) mass is 444 g/mol. The minimum absolute atomic E-state index is 0.0384. The van der Waals surface area contributed by atoms with E-state index >= 15 is 0 Å². The molecule has 8 heteroatoms. The number of hydrogen-bond acceptors (Lipinski definition) is 5. The Morgan fingerprint density at radius 3 is 2.77 bits per heavy atom. The van der Waals surface area contributed by atoms with Gasteiger partial charge in [-0.05, 0) is 56.1 Å². The van der Waals surface area contributed by atoms with E-state index in [2.05, 4.69) is 20.6 Å². The van der Waals surface area contributed by atoms with Crippen molar-refractivity contribution in [2.75, 3.05) is 6.54 Å². The molecule has 1 aliphatic rings. The number of aliphatic hydroxyl groups is 1. The van der Waals surface area contributed by atoms with Gasteiger partial charge in [-0.15, -0.1) is 11.3 Å². The van der Waals surface area contributed by atoms with Crippen molar-refractivity contribution >= 4 is 28.8 Å². The summed E-state index contributed by atoms with van der Waals surface area (Å²) in [5.41, 5.74) is 3.14. The third kappa shape index (κ3) is 4.59. The predicted octanol–water partition coefficient (Wildman–Crippen LogP) is 4.21. The number of benzene rings is 1. The molecule has 1 aliphatic heterocycles. The van der Waals surface area contributed by atoms with Gasteiger partial charge in [-0.1, -0.05) is 30.2 Å². The zero-order chi connectivity index (χ0) is 21.1. The van der Waals surface area contributed by atoms with Crippen LogP contribution in [0.1, 0.15) is 51.4 Å². The number of piperidine rings is 1. The fourth-order valence-corrected chi connectivity index (χ4v) is 4.94. The maximum Gasteiger partial charge on any atom is 0.268 e. The van der Waals surface area contributed by atoms with Gasteiger partial charge in [0.05, 0.1) is 23.2 Å². The lowest BCUT2D eigenvalue weighted by Crippen LogP contribution is -2.46. The number of aromatic nitrogens is 2. The topological polar surface area (TPSA) is 90.0 Å². The van der Waals surface area contributed by atoms with E-state index in [0.717, 1.165) is 52.6 Å². The Kier molecular flexibility index (Phi) is 6.53. The fraction of sp³-hybridized carbons (Fsp3) is 0.364. The van der Waals surface area contributed by atoms with E-state index in [1.807, 2.05) is 37.3 Å². The Bertz CT molecular complexity index is 1010. The Morgan fingerprint density at radius 1 is 1.30 bits per heavy atom. The van der Waals surface area contributed by atoms with Crippen molar-refractivity contribution in [1.29, 1.82) is 0 Å². The van der Waals surface area contributed by atoms with Crippen LogP contribution < -0.4 is 10.6 Å². The normalized spacial score (nSPS) is 17.6. The highest BCUT2D eigenvalue weighted by Crippen LogP contribution is 2.29. The van der Waals surface area contributed by atoms with Gasteiger partial charge in [0.1, 0.15) is 10.7 Å². The molecule has 0 unspecified atom stereocenters. The fourth-order valence-electron chi connectivity index (χ4n) is 3.77. The summed E-state index contributed by atoms with van der Waals surface area (Å²) in [5, 5.41) is 17.8. The van der Waals surface area contributed by atoms with Crippen molar-refractivity contribution in [3.05, 3.63) is 62.7 Å². The molecule has 4 N–H and O–H groups in total. The van der Waals surface area contributed by atoms with Crippen LogP contribution >= 0.6 is 22.9 Å². The number of nitrogens with zero attached hydrogens (tertiary/aromatic N) is 1. The van der Waals surface area contributed by atoms with Crippen LogP contribution in [0.5, 0.6) is 0 Å². The lowest BCUT2D eigenvalue weighted by Gasteiger charge is -2.30. The van der Waals surface area contributed by atoms with Gasteiger partial charge in [-0.25, -0.2) is 4.98 Å². The zero-order valence-electron chi connectivity index (χ0n) is 16.7. The summed E-state index contributed by atoms with van der Waals surface area (Å²) >= 11 is 7.43. The van der Waals surface area contributed by atoms with Gasteiger partial charge < -0.3 is 20.7 Å². The molecule has 2 aromatic heterocycles. The lowest BCUT2D eigenvalue weighted by molar-refractivity contribution is 0.0918. The minimum Gasteiger partial charge on any atom is -0.391 e. The third-order valence-corrected chi connectivity index (χ3v) is 6.92. The van der Waals surface area contributed by atoms with Crippen LogP contribution in [-0.2, 0) is 6.61 Å². The van der Waals surface area contributed by atoms with Crippen LogP contribution in [-0.4, -0.2) is 33.6 Å². The molecule has 3 heterocycles. The number of amides is 1. The quantitative estimate of drug-likeness (QED) is 0.458. The van der Waals surface area contributed by atoms with Crippen molar-refractivity contribution in [3.8, 4) is 11.3 Å². The molecule has 2 atom stereocenters. The van der Waals surface area contributed by atoms with Gasteiger partial charge in [-0.2, -0.15) is 0 Å². The molecule has 1 saturated heterocycles. The average molecular weight is 445 g/mol. The van der Waals surface area contributed by atoms with E-state index in [9.17, 15) is 9.90 Å². The molecule has 1 aromatic carbocycles. The first kappa shape index (κ1) is 21.1. The first-order chi connectivity index (χ1) is 14.5. The molecule has 30 heavy (non-hydrogen) atoms. The number of carbonyl (C=O) groups excluding carboxylic acids is 1. The van der Waals surface area contributed by atoms with Crippen LogP contribution in [0.2, 0.25) is 5.02 Å². The second-order valence-corrected chi connectivity index (χ2v) is 9.07. The minimum atomic E-state index is -0.246. The van der Waals surface area contributed by atoms with E-state index < -0.39 is 0 Å². The van der Waals surface area contributed by atoms with E-state index in [-0.39, 0.29) is 24.6 Å². The van der Waals surface area contributed by atoms with E-state index in [1.54, 1.807) is 6.07 Å². The number of aliphatic hydroxyl groups excluding tert-OH is 1. The number of carbonyl (C=O) groups is 1. The number of rotatable bonds is 6. The second kappa shape index (κ2) is 9.31. The van der Waals surface area contributed by atoms with Gasteiger partial charge >= 0.3 is 0 Å². The molecule has 0 aliphatic carbocycles. The van der Waals surface area contributed by atoms with E-state index in [0.29, 0.717) is 10.7 Å². The highest BCUT2D eigenvalue weighted by Gasteiger charge is 2.30. The first-order valence-corrected chi connectivity index (χ1v) is 11.3. The average Bonchev–Trinajstić information content (AvgIpc) is 3.40. The number of thiazole rings is 1. The molecule has 0 bridgehead atoms. The molecule has 3 aromatic rings.